The molecule has 0 atom stereocenters. The molecule has 0 saturated carbocycles. The van der Waals surface area contributed by atoms with E-state index >= 15 is 0 Å². The van der Waals surface area contributed by atoms with Gasteiger partial charge in [0.15, 0.2) is 0 Å². The average molecular weight is 250 g/mol. The van der Waals surface area contributed by atoms with Crippen LogP contribution in [-0.4, -0.2) is 44.4 Å². The summed E-state index contributed by atoms with van der Waals surface area (Å²) >= 11 is 0. The van der Waals surface area contributed by atoms with E-state index in [2.05, 4.69) is 11.9 Å². The van der Waals surface area contributed by atoms with Crippen LogP contribution in [0.25, 0.3) is 0 Å². The number of piperidine rings is 1. The van der Waals surface area contributed by atoms with E-state index < -0.39 is 0 Å². The predicted molar refractivity (Wildman–Crippen MR) is 70.7 cm³/mol. The molecule has 0 spiro atoms. The van der Waals surface area contributed by atoms with E-state index in [1.807, 2.05) is 11.9 Å². The third kappa shape index (κ3) is 2.70. The summed E-state index contributed by atoms with van der Waals surface area (Å²) in [6, 6.07) is 5.03. The van der Waals surface area contributed by atoms with Gasteiger partial charge in [0.25, 0.3) is 0 Å². The number of carbonyl (C=O) groups is 1. The van der Waals surface area contributed by atoms with Crippen molar-refractivity contribution in [1.82, 2.24) is 4.90 Å². The van der Waals surface area contributed by atoms with Crippen LogP contribution in [0.2, 0.25) is 0 Å². The molecule has 4 heteroatoms. The number of anilines is 1. The number of hydrogen-bond donors (Lipinski definition) is 0. The Morgan fingerprint density at radius 3 is 2.61 bits per heavy atom. The zero-order valence-corrected chi connectivity index (χ0v) is 10.9. The lowest BCUT2D eigenvalue weighted by Crippen LogP contribution is -2.42. The van der Waals surface area contributed by atoms with Crippen LogP contribution in [0, 0.1) is 5.82 Å². The van der Waals surface area contributed by atoms with Crippen molar-refractivity contribution in [2.24, 2.45) is 0 Å². The van der Waals surface area contributed by atoms with Gasteiger partial charge in [-0.1, -0.05) is 0 Å². The summed E-state index contributed by atoms with van der Waals surface area (Å²) in [6.07, 6.45) is 2.76. The number of benzene rings is 1. The summed E-state index contributed by atoms with van der Waals surface area (Å²) < 4.78 is 13.9. The van der Waals surface area contributed by atoms with Crippen LogP contribution in [-0.2, 0) is 0 Å². The SMILES string of the molecule is CN1CCC(N(C)c2ccc(C=O)cc2F)CC1. The van der Waals surface area contributed by atoms with Gasteiger partial charge in [0, 0.05) is 18.7 Å². The molecule has 3 nitrogen and oxygen atoms in total. The monoisotopic (exact) mass is 250 g/mol. The van der Waals surface area contributed by atoms with Crippen molar-refractivity contribution in [1.29, 1.82) is 0 Å². The zero-order chi connectivity index (χ0) is 13.1. The largest absolute Gasteiger partial charge is 0.369 e. The summed E-state index contributed by atoms with van der Waals surface area (Å²) in [7, 11) is 4.03. The predicted octanol–water partition coefficient (Wildman–Crippen LogP) is 2.17. The van der Waals surface area contributed by atoms with Crippen molar-refractivity contribution in [3.8, 4) is 0 Å². The molecule has 2 rings (SSSR count). The molecule has 18 heavy (non-hydrogen) atoms. The molecule has 1 aliphatic rings. The molecular formula is C14H19FN2O. The average Bonchev–Trinajstić information content (AvgIpc) is 2.38. The Hall–Kier alpha value is -1.42. The lowest BCUT2D eigenvalue weighted by atomic mass is 10.0. The molecule has 1 heterocycles. The third-order valence-corrected chi connectivity index (χ3v) is 3.72. The molecule has 0 amide bonds. The van der Waals surface area contributed by atoms with Crippen LogP contribution >= 0.6 is 0 Å². The zero-order valence-electron chi connectivity index (χ0n) is 10.9. The van der Waals surface area contributed by atoms with Gasteiger partial charge < -0.3 is 9.80 Å². The van der Waals surface area contributed by atoms with Crippen LogP contribution < -0.4 is 4.90 Å². The quantitative estimate of drug-likeness (QED) is 0.768. The Morgan fingerprint density at radius 2 is 2.06 bits per heavy atom. The summed E-state index contributed by atoms with van der Waals surface area (Å²) in [4.78, 5) is 14.9. The summed E-state index contributed by atoms with van der Waals surface area (Å²) in [5.74, 6) is -0.318. The van der Waals surface area contributed by atoms with Crippen molar-refractivity contribution in [3.63, 3.8) is 0 Å². The highest BCUT2D eigenvalue weighted by atomic mass is 19.1. The second kappa shape index (κ2) is 5.48. The molecule has 1 aromatic carbocycles. The molecule has 0 unspecified atom stereocenters. The first kappa shape index (κ1) is 13.0. The van der Waals surface area contributed by atoms with Gasteiger partial charge in [-0.25, -0.2) is 4.39 Å². The van der Waals surface area contributed by atoms with Crippen molar-refractivity contribution in [3.05, 3.63) is 29.6 Å². The van der Waals surface area contributed by atoms with Gasteiger partial charge in [0.2, 0.25) is 0 Å². The third-order valence-electron chi connectivity index (χ3n) is 3.72. The van der Waals surface area contributed by atoms with Gasteiger partial charge in [0.05, 0.1) is 5.69 Å². The Balaban J connectivity index is 2.13. The van der Waals surface area contributed by atoms with Crippen molar-refractivity contribution >= 4 is 12.0 Å². The van der Waals surface area contributed by atoms with Crippen LogP contribution in [0.4, 0.5) is 10.1 Å². The van der Waals surface area contributed by atoms with Gasteiger partial charge in [-0.2, -0.15) is 0 Å². The summed E-state index contributed by atoms with van der Waals surface area (Å²) in [5.41, 5.74) is 0.961. The molecule has 0 aliphatic carbocycles. The van der Waals surface area contributed by atoms with E-state index in [0.29, 0.717) is 23.6 Å². The van der Waals surface area contributed by atoms with E-state index in [4.69, 9.17) is 0 Å². The first-order valence-corrected chi connectivity index (χ1v) is 6.28. The Bertz CT molecular complexity index is 428. The van der Waals surface area contributed by atoms with Gasteiger partial charge in [-0.15, -0.1) is 0 Å². The van der Waals surface area contributed by atoms with Crippen molar-refractivity contribution in [2.45, 2.75) is 18.9 Å². The molecule has 0 N–H and O–H groups in total. The molecule has 0 radical (unpaired) electrons. The summed E-state index contributed by atoms with van der Waals surface area (Å²) in [5, 5.41) is 0. The van der Waals surface area contributed by atoms with Crippen molar-refractivity contribution < 1.29 is 9.18 Å². The molecular weight excluding hydrogens is 231 g/mol. The smallest absolute Gasteiger partial charge is 0.150 e. The van der Waals surface area contributed by atoms with Crippen LogP contribution in [0.3, 0.4) is 0 Å². The van der Waals surface area contributed by atoms with Crippen LogP contribution in [0.5, 0.6) is 0 Å². The van der Waals surface area contributed by atoms with Crippen LogP contribution in [0.15, 0.2) is 18.2 Å². The molecule has 1 aromatic rings. The Labute approximate surface area is 107 Å². The highest BCUT2D eigenvalue weighted by molar-refractivity contribution is 5.76. The lowest BCUT2D eigenvalue weighted by Gasteiger charge is -2.36. The van der Waals surface area contributed by atoms with Crippen LogP contribution in [0.1, 0.15) is 23.2 Å². The summed E-state index contributed by atoms with van der Waals surface area (Å²) in [6.45, 7) is 2.09. The molecule has 1 saturated heterocycles. The number of likely N-dealkylation sites (tertiary alicyclic amines) is 1. The molecule has 1 fully saturated rings. The number of carbonyl (C=O) groups excluding carboxylic acids is 1. The molecule has 98 valence electrons. The Kier molecular flexibility index (Phi) is 3.97. The maximum atomic E-state index is 13.9. The standard InChI is InChI=1S/C14H19FN2O/c1-16-7-5-12(6-8-16)17(2)14-4-3-11(10-18)9-13(14)15/h3-4,9-10,12H,5-8H2,1-2H3. The van der Waals surface area contributed by atoms with E-state index in [-0.39, 0.29) is 5.82 Å². The minimum atomic E-state index is -0.318. The maximum Gasteiger partial charge on any atom is 0.150 e. The van der Waals surface area contributed by atoms with E-state index in [1.54, 1.807) is 12.1 Å². The van der Waals surface area contributed by atoms with E-state index in [1.165, 1.54) is 6.07 Å². The number of rotatable bonds is 3. The fourth-order valence-electron chi connectivity index (χ4n) is 2.46. The van der Waals surface area contributed by atoms with Gasteiger partial charge in [-0.05, 0) is 51.2 Å². The maximum absolute atomic E-state index is 13.9. The second-order valence-electron chi connectivity index (χ2n) is 4.97. The second-order valence-corrected chi connectivity index (χ2v) is 4.97. The number of halogens is 1. The highest BCUT2D eigenvalue weighted by Crippen LogP contribution is 2.24. The number of aldehydes is 1. The highest BCUT2D eigenvalue weighted by Gasteiger charge is 2.22. The Morgan fingerprint density at radius 1 is 1.39 bits per heavy atom. The fraction of sp³-hybridized carbons (Fsp3) is 0.500. The number of hydrogen-bond acceptors (Lipinski definition) is 3. The minimum absolute atomic E-state index is 0.318. The van der Waals surface area contributed by atoms with Crippen molar-refractivity contribution in [2.75, 3.05) is 32.1 Å². The van der Waals surface area contributed by atoms with Gasteiger partial charge >= 0.3 is 0 Å². The fourth-order valence-corrected chi connectivity index (χ4v) is 2.46. The van der Waals surface area contributed by atoms with E-state index in [0.717, 1.165) is 25.9 Å². The first-order chi connectivity index (χ1) is 8.61. The van der Waals surface area contributed by atoms with Gasteiger partial charge in [0.1, 0.15) is 12.1 Å². The van der Waals surface area contributed by atoms with E-state index in [9.17, 15) is 9.18 Å². The first-order valence-electron chi connectivity index (χ1n) is 6.28. The molecule has 1 aliphatic heterocycles. The normalized spacial score (nSPS) is 17.7. The number of nitrogens with zero attached hydrogens (tertiary/aromatic N) is 2. The molecule has 0 aromatic heterocycles. The van der Waals surface area contributed by atoms with Gasteiger partial charge in [-0.3, -0.25) is 4.79 Å². The molecule has 0 bridgehead atoms. The minimum Gasteiger partial charge on any atom is -0.369 e. The topological polar surface area (TPSA) is 23.6 Å². The lowest BCUT2D eigenvalue weighted by molar-refractivity contribution is 0.112.